The minimum atomic E-state index is 0.0899. The topological polar surface area (TPSA) is 51.2 Å². The molecule has 21 heavy (non-hydrogen) atoms. The molecule has 0 spiro atoms. The summed E-state index contributed by atoms with van der Waals surface area (Å²) in [6.07, 6.45) is 3.98. The van der Waals surface area contributed by atoms with Crippen LogP contribution in [0, 0.1) is 6.92 Å². The van der Waals surface area contributed by atoms with Gasteiger partial charge in [-0.3, -0.25) is 4.79 Å². The maximum absolute atomic E-state index is 11.8. The van der Waals surface area contributed by atoms with Crippen LogP contribution in [-0.2, 0) is 17.6 Å². The number of nitrogens with one attached hydrogen (secondary N) is 1. The number of amides is 1. The van der Waals surface area contributed by atoms with Crippen LogP contribution in [0.1, 0.15) is 21.9 Å². The minimum absolute atomic E-state index is 0.0899. The number of hydrogen-bond donors (Lipinski definition) is 1. The molecule has 2 aromatic rings. The van der Waals surface area contributed by atoms with Gasteiger partial charge in [0, 0.05) is 30.5 Å². The zero-order valence-corrected chi connectivity index (χ0v) is 13.2. The second kappa shape index (κ2) is 7.78. The summed E-state index contributed by atoms with van der Waals surface area (Å²) in [6.45, 7) is 2.66. The van der Waals surface area contributed by atoms with Gasteiger partial charge in [-0.15, -0.1) is 11.3 Å². The van der Waals surface area contributed by atoms with Crippen molar-refractivity contribution in [2.24, 2.45) is 0 Å². The van der Waals surface area contributed by atoms with E-state index < -0.39 is 0 Å². The van der Waals surface area contributed by atoms with Gasteiger partial charge in [-0.2, -0.15) is 0 Å². The SMILES string of the molecule is COc1ccc(CCC(=O)NCCc2cnc(C)s2)cc1. The number of aryl methyl sites for hydroxylation is 2. The first-order chi connectivity index (χ1) is 10.2. The molecule has 1 aromatic carbocycles. The molecule has 0 bridgehead atoms. The Morgan fingerprint density at radius 3 is 2.67 bits per heavy atom. The van der Waals surface area contributed by atoms with Crippen LogP contribution in [0.15, 0.2) is 30.5 Å². The van der Waals surface area contributed by atoms with Crippen LogP contribution in [0.2, 0.25) is 0 Å². The number of thiazole rings is 1. The summed E-state index contributed by atoms with van der Waals surface area (Å²) in [4.78, 5) is 17.2. The molecule has 0 aliphatic carbocycles. The number of ether oxygens (including phenoxy) is 1. The van der Waals surface area contributed by atoms with E-state index in [1.54, 1.807) is 18.4 Å². The zero-order valence-electron chi connectivity index (χ0n) is 12.4. The third-order valence-corrected chi connectivity index (χ3v) is 4.14. The van der Waals surface area contributed by atoms with Crippen LogP contribution < -0.4 is 10.1 Å². The van der Waals surface area contributed by atoms with E-state index in [1.165, 1.54) is 4.88 Å². The molecule has 0 fully saturated rings. The van der Waals surface area contributed by atoms with Gasteiger partial charge in [0.05, 0.1) is 12.1 Å². The van der Waals surface area contributed by atoms with Gasteiger partial charge in [-0.25, -0.2) is 4.98 Å². The van der Waals surface area contributed by atoms with Crippen molar-refractivity contribution in [3.8, 4) is 5.75 Å². The van der Waals surface area contributed by atoms with E-state index in [4.69, 9.17) is 4.74 Å². The van der Waals surface area contributed by atoms with Crippen molar-refractivity contribution >= 4 is 17.2 Å². The molecule has 1 N–H and O–H groups in total. The molecular weight excluding hydrogens is 284 g/mol. The van der Waals surface area contributed by atoms with Gasteiger partial charge < -0.3 is 10.1 Å². The number of nitrogens with zero attached hydrogens (tertiary/aromatic N) is 1. The lowest BCUT2D eigenvalue weighted by molar-refractivity contribution is -0.121. The molecule has 0 radical (unpaired) electrons. The van der Waals surface area contributed by atoms with Crippen molar-refractivity contribution in [3.63, 3.8) is 0 Å². The second-order valence-electron chi connectivity index (χ2n) is 4.79. The van der Waals surface area contributed by atoms with Gasteiger partial charge in [0.2, 0.25) is 5.91 Å². The predicted octanol–water partition coefficient (Wildman–Crippen LogP) is 2.75. The zero-order chi connectivity index (χ0) is 15.1. The molecule has 0 atom stereocenters. The molecule has 2 rings (SSSR count). The molecule has 112 valence electrons. The summed E-state index contributed by atoms with van der Waals surface area (Å²) in [7, 11) is 1.65. The number of rotatable bonds is 7. The summed E-state index contributed by atoms with van der Waals surface area (Å²) < 4.78 is 5.11. The second-order valence-corrected chi connectivity index (χ2v) is 6.11. The molecule has 0 saturated carbocycles. The highest BCUT2D eigenvalue weighted by atomic mass is 32.1. The lowest BCUT2D eigenvalue weighted by atomic mass is 10.1. The third kappa shape index (κ3) is 5.19. The monoisotopic (exact) mass is 304 g/mol. The van der Waals surface area contributed by atoms with Crippen molar-refractivity contribution in [1.29, 1.82) is 0 Å². The smallest absolute Gasteiger partial charge is 0.220 e. The number of aromatic nitrogens is 1. The molecule has 1 aromatic heterocycles. The average molecular weight is 304 g/mol. The van der Waals surface area contributed by atoms with Crippen LogP contribution in [0.3, 0.4) is 0 Å². The maximum atomic E-state index is 11.8. The molecule has 4 nitrogen and oxygen atoms in total. The molecule has 1 heterocycles. The van der Waals surface area contributed by atoms with Crippen LogP contribution >= 0.6 is 11.3 Å². The molecular formula is C16H20N2O2S. The van der Waals surface area contributed by atoms with Gasteiger partial charge >= 0.3 is 0 Å². The standard InChI is InChI=1S/C16H20N2O2S/c1-12-18-11-15(21-12)9-10-17-16(19)8-5-13-3-6-14(20-2)7-4-13/h3-4,6-7,11H,5,8-10H2,1-2H3,(H,17,19). The van der Waals surface area contributed by atoms with E-state index in [9.17, 15) is 4.79 Å². The number of hydrogen-bond acceptors (Lipinski definition) is 4. The molecule has 0 unspecified atom stereocenters. The highest BCUT2D eigenvalue weighted by molar-refractivity contribution is 7.11. The Morgan fingerprint density at radius 2 is 2.05 bits per heavy atom. The van der Waals surface area contributed by atoms with E-state index in [0.717, 1.165) is 29.2 Å². The maximum Gasteiger partial charge on any atom is 0.220 e. The fourth-order valence-electron chi connectivity index (χ4n) is 1.98. The Labute approximate surface area is 129 Å². The molecule has 0 saturated heterocycles. The number of carbonyl (C=O) groups is 1. The molecule has 1 amide bonds. The summed E-state index contributed by atoms with van der Waals surface area (Å²) in [5.74, 6) is 0.926. The third-order valence-electron chi connectivity index (χ3n) is 3.16. The minimum Gasteiger partial charge on any atom is -0.497 e. The molecule has 0 aliphatic heterocycles. The van der Waals surface area contributed by atoms with Gasteiger partial charge in [-0.1, -0.05) is 12.1 Å². The fraction of sp³-hybridized carbons (Fsp3) is 0.375. The number of benzene rings is 1. The van der Waals surface area contributed by atoms with Crippen LogP contribution in [0.4, 0.5) is 0 Å². The first-order valence-corrected chi connectivity index (χ1v) is 7.80. The van der Waals surface area contributed by atoms with Crippen molar-refractivity contribution in [3.05, 3.63) is 45.9 Å². The first-order valence-electron chi connectivity index (χ1n) is 6.98. The quantitative estimate of drug-likeness (QED) is 0.855. The Hall–Kier alpha value is -1.88. The summed E-state index contributed by atoms with van der Waals surface area (Å²) >= 11 is 1.68. The summed E-state index contributed by atoms with van der Waals surface area (Å²) in [5, 5.41) is 4.01. The van der Waals surface area contributed by atoms with E-state index in [2.05, 4.69) is 10.3 Å². The van der Waals surface area contributed by atoms with Crippen molar-refractivity contribution in [1.82, 2.24) is 10.3 Å². The lowest BCUT2D eigenvalue weighted by Crippen LogP contribution is -2.25. The molecule has 5 heteroatoms. The van der Waals surface area contributed by atoms with E-state index in [0.29, 0.717) is 13.0 Å². The van der Waals surface area contributed by atoms with Crippen LogP contribution in [-0.4, -0.2) is 24.5 Å². The highest BCUT2D eigenvalue weighted by Gasteiger charge is 2.03. The predicted molar refractivity (Wildman–Crippen MR) is 84.9 cm³/mol. The van der Waals surface area contributed by atoms with Gasteiger partial charge in [0.1, 0.15) is 5.75 Å². The van der Waals surface area contributed by atoms with Crippen molar-refractivity contribution < 1.29 is 9.53 Å². The Balaban J connectivity index is 1.67. The van der Waals surface area contributed by atoms with Crippen LogP contribution in [0.25, 0.3) is 0 Å². The summed E-state index contributed by atoms with van der Waals surface area (Å²) in [6, 6.07) is 7.82. The van der Waals surface area contributed by atoms with Gasteiger partial charge in [-0.05, 0) is 31.0 Å². The average Bonchev–Trinajstić information content (AvgIpc) is 2.91. The van der Waals surface area contributed by atoms with Crippen LogP contribution in [0.5, 0.6) is 5.75 Å². The van der Waals surface area contributed by atoms with E-state index in [-0.39, 0.29) is 5.91 Å². The van der Waals surface area contributed by atoms with E-state index in [1.807, 2.05) is 37.4 Å². The number of methoxy groups -OCH3 is 1. The Bertz CT molecular complexity index is 578. The van der Waals surface area contributed by atoms with E-state index >= 15 is 0 Å². The van der Waals surface area contributed by atoms with Crippen molar-refractivity contribution in [2.45, 2.75) is 26.2 Å². The lowest BCUT2D eigenvalue weighted by Gasteiger charge is -2.05. The van der Waals surface area contributed by atoms with Gasteiger partial charge in [0.15, 0.2) is 0 Å². The highest BCUT2D eigenvalue weighted by Crippen LogP contribution is 2.13. The Morgan fingerprint density at radius 1 is 1.29 bits per heavy atom. The normalized spacial score (nSPS) is 10.4. The summed E-state index contributed by atoms with van der Waals surface area (Å²) in [5.41, 5.74) is 1.14. The Kier molecular flexibility index (Phi) is 5.75. The van der Waals surface area contributed by atoms with Gasteiger partial charge in [0.25, 0.3) is 0 Å². The fourth-order valence-corrected chi connectivity index (χ4v) is 2.78. The number of carbonyl (C=O) groups excluding carboxylic acids is 1. The first kappa shape index (κ1) is 15.5. The van der Waals surface area contributed by atoms with Crippen molar-refractivity contribution in [2.75, 3.05) is 13.7 Å². The molecule has 0 aliphatic rings. The largest absolute Gasteiger partial charge is 0.497 e.